The van der Waals surface area contributed by atoms with E-state index in [9.17, 15) is 9.59 Å². The van der Waals surface area contributed by atoms with Crippen molar-refractivity contribution in [3.05, 3.63) is 76.3 Å². The van der Waals surface area contributed by atoms with E-state index >= 15 is 0 Å². The lowest BCUT2D eigenvalue weighted by molar-refractivity contribution is 0.0749. The molecule has 1 saturated heterocycles. The van der Waals surface area contributed by atoms with Gasteiger partial charge in [0.1, 0.15) is 0 Å². The van der Waals surface area contributed by atoms with Crippen LogP contribution in [0.1, 0.15) is 16.1 Å². The Morgan fingerprint density at radius 3 is 2.61 bits per heavy atom. The van der Waals surface area contributed by atoms with Gasteiger partial charge >= 0.3 is 5.63 Å². The summed E-state index contributed by atoms with van der Waals surface area (Å²) in [6.07, 6.45) is 0. The molecule has 6 heteroatoms. The van der Waals surface area contributed by atoms with Crippen molar-refractivity contribution in [3.8, 4) is 0 Å². The summed E-state index contributed by atoms with van der Waals surface area (Å²) in [7, 11) is 1.72. The third kappa shape index (κ3) is 3.64. The minimum atomic E-state index is -0.497. The molecule has 0 bridgehead atoms. The van der Waals surface area contributed by atoms with Gasteiger partial charge in [-0.15, -0.1) is 0 Å². The fourth-order valence-electron chi connectivity index (χ4n) is 3.51. The Kier molecular flexibility index (Phi) is 5.12. The highest BCUT2D eigenvalue weighted by Gasteiger charge is 2.20. The van der Waals surface area contributed by atoms with E-state index in [-0.39, 0.29) is 11.7 Å². The topological polar surface area (TPSA) is 63.0 Å². The Balaban J connectivity index is 1.58. The molecule has 0 saturated carbocycles. The maximum absolute atomic E-state index is 12.9. The lowest BCUT2D eigenvalue weighted by atomic mass is 10.1. The molecule has 2 aromatic carbocycles. The van der Waals surface area contributed by atoms with Crippen LogP contribution in [0.4, 0.5) is 5.69 Å². The molecule has 144 valence electrons. The number of rotatable bonds is 4. The smallest absolute Gasteiger partial charge is 0.344 e. The first kappa shape index (κ1) is 18.3. The number of para-hydroxylation sites is 1. The number of amides is 1. The molecule has 0 N–H and O–H groups in total. The SMILES string of the molecule is CN(Cc1ccccc1N1CCOCC1)C(=O)c1cc2ccccc2c(=O)o1. The van der Waals surface area contributed by atoms with E-state index < -0.39 is 5.63 Å². The molecule has 1 aliphatic rings. The second-order valence-corrected chi connectivity index (χ2v) is 6.87. The van der Waals surface area contributed by atoms with Gasteiger partial charge in [-0.1, -0.05) is 36.4 Å². The van der Waals surface area contributed by atoms with Crippen molar-refractivity contribution in [2.24, 2.45) is 0 Å². The normalized spacial score (nSPS) is 14.2. The van der Waals surface area contributed by atoms with Gasteiger partial charge in [-0.3, -0.25) is 4.79 Å². The van der Waals surface area contributed by atoms with Gasteiger partial charge in [-0.2, -0.15) is 0 Å². The Morgan fingerprint density at radius 1 is 1.07 bits per heavy atom. The highest BCUT2D eigenvalue weighted by Crippen LogP contribution is 2.23. The van der Waals surface area contributed by atoms with Gasteiger partial charge in [0.15, 0.2) is 5.76 Å². The molecule has 28 heavy (non-hydrogen) atoms. The maximum atomic E-state index is 12.9. The number of anilines is 1. The van der Waals surface area contributed by atoms with Gasteiger partial charge in [0.25, 0.3) is 5.91 Å². The molecule has 1 amide bonds. The lowest BCUT2D eigenvalue weighted by Crippen LogP contribution is -2.37. The van der Waals surface area contributed by atoms with Crippen molar-refractivity contribution < 1.29 is 13.9 Å². The zero-order valence-corrected chi connectivity index (χ0v) is 15.8. The van der Waals surface area contributed by atoms with Gasteiger partial charge in [0.2, 0.25) is 0 Å². The summed E-state index contributed by atoms with van der Waals surface area (Å²) in [5, 5.41) is 1.17. The Labute approximate surface area is 162 Å². The number of carbonyl (C=O) groups excluding carboxylic acids is 1. The molecular formula is C22H22N2O4. The van der Waals surface area contributed by atoms with Gasteiger partial charge < -0.3 is 19.0 Å². The lowest BCUT2D eigenvalue weighted by Gasteiger charge is -2.31. The van der Waals surface area contributed by atoms with Gasteiger partial charge in [0, 0.05) is 32.4 Å². The van der Waals surface area contributed by atoms with Gasteiger partial charge in [0.05, 0.1) is 18.6 Å². The molecule has 0 unspecified atom stereocenters. The van der Waals surface area contributed by atoms with Crippen LogP contribution in [0.25, 0.3) is 10.8 Å². The predicted molar refractivity (Wildman–Crippen MR) is 108 cm³/mol. The summed E-state index contributed by atoms with van der Waals surface area (Å²) in [6.45, 7) is 3.47. The number of benzene rings is 2. The Morgan fingerprint density at radius 2 is 1.79 bits per heavy atom. The summed E-state index contributed by atoms with van der Waals surface area (Å²) in [5.41, 5.74) is 1.65. The molecule has 1 aromatic heterocycles. The minimum Gasteiger partial charge on any atom is -0.417 e. The van der Waals surface area contributed by atoms with Crippen LogP contribution in [0.15, 0.2) is 63.8 Å². The Hall–Kier alpha value is -3.12. The van der Waals surface area contributed by atoms with Crippen LogP contribution in [-0.2, 0) is 11.3 Å². The van der Waals surface area contributed by atoms with Crippen molar-refractivity contribution in [1.82, 2.24) is 4.90 Å². The number of ether oxygens (including phenoxy) is 1. The molecule has 0 aliphatic carbocycles. The zero-order chi connectivity index (χ0) is 19.5. The van der Waals surface area contributed by atoms with Gasteiger partial charge in [-0.05, 0) is 29.1 Å². The number of carbonyl (C=O) groups is 1. The summed E-state index contributed by atoms with van der Waals surface area (Å²) in [5.74, 6) is -0.269. The first-order chi connectivity index (χ1) is 13.6. The number of hydrogen-bond donors (Lipinski definition) is 0. The van der Waals surface area contributed by atoms with Gasteiger partial charge in [-0.25, -0.2) is 4.79 Å². The van der Waals surface area contributed by atoms with E-state index in [1.54, 1.807) is 36.2 Å². The van der Waals surface area contributed by atoms with Crippen LogP contribution in [0.5, 0.6) is 0 Å². The van der Waals surface area contributed by atoms with Crippen LogP contribution in [0, 0.1) is 0 Å². The molecule has 1 aliphatic heterocycles. The number of morpholine rings is 1. The molecule has 4 rings (SSSR count). The average Bonchev–Trinajstić information content (AvgIpc) is 2.74. The third-order valence-electron chi connectivity index (χ3n) is 4.98. The summed E-state index contributed by atoms with van der Waals surface area (Å²) in [6, 6.07) is 16.8. The first-order valence-corrected chi connectivity index (χ1v) is 9.32. The van der Waals surface area contributed by atoms with Crippen LogP contribution in [0.3, 0.4) is 0 Å². The second kappa shape index (κ2) is 7.86. The van der Waals surface area contributed by atoms with Crippen LogP contribution in [0.2, 0.25) is 0 Å². The molecular weight excluding hydrogens is 356 g/mol. The molecule has 1 fully saturated rings. The van der Waals surface area contributed by atoms with Crippen LogP contribution >= 0.6 is 0 Å². The standard InChI is InChI=1S/C22H22N2O4/c1-23(15-17-7-3-5-9-19(17)24-10-12-27-13-11-24)21(25)20-14-16-6-2-4-8-18(16)22(26)28-20/h2-9,14H,10-13,15H2,1H3. The van der Waals surface area contributed by atoms with E-state index in [0.717, 1.165) is 24.3 Å². The predicted octanol–water partition coefficient (Wildman–Crippen LogP) is 2.90. The summed E-state index contributed by atoms with van der Waals surface area (Å²) >= 11 is 0. The van der Waals surface area contributed by atoms with Crippen LogP contribution < -0.4 is 10.5 Å². The van der Waals surface area contributed by atoms with E-state index in [0.29, 0.717) is 30.5 Å². The summed E-state index contributed by atoms with van der Waals surface area (Å²) < 4.78 is 10.7. The number of hydrogen-bond acceptors (Lipinski definition) is 5. The van der Waals surface area contributed by atoms with Crippen molar-refractivity contribution in [2.45, 2.75) is 6.54 Å². The van der Waals surface area contributed by atoms with Crippen molar-refractivity contribution in [1.29, 1.82) is 0 Å². The molecule has 3 aromatic rings. The highest BCUT2D eigenvalue weighted by atomic mass is 16.5. The molecule has 0 spiro atoms. The van der Waals surface area contributed by atoms with Crippen LogP contribution in [-0.4, -0.2) is 44.2 Å². The summed E-state index contributed by atoms with van der Waals surface area (Å²) in [4.78, 5) is 28.9. The Bertz CT molecular complexity index is 1050. The number of fused-ring (bicyclic) bond motifs is 1. The highest BCUT2D eigenvalue weighted by molar-refractivity contribution is 5.95. The van der Waals surface area contributed by atoms with Crippen molar-refractivity contribution in [2.75, 3.05) is 38.3 Å². The second-order valence-electron chi connectivity index (χ2n) is 6.87. The quantitative estimate of drug-likeness (QED) is 0.699. The first-order valence-electron chi connectivity index (χ1n) is 9.32. The van der Waals surface area contributed by atoms with E-state index in [2.05, 4.69) is 11.0 Å². The average molecular weight is 378 g/mol. The van der Waals surface area contributed by atoms with Crippen molar-refractivity contribution >= 4 is 22.4 Å². The molecule has 0 atom stereocenters. The fourth-order valence-corrected chi connectivity index (χ4v) is 3.51. The zero-order valence-electron chi connectivity index (χ0n) is 15.8. The van der Waals surface area contributed by atoms with E-state index in [4.69, 9.17) is 9.15 Å². The van der Waals surface area contributed by atoms with Crippen molar-refractivity contribution in [3.63, 3.8) is 0 Å². The minimum absolute atomic E-state index is 0.0510. The monoisotopic (exact) mass is 378 g/mol. The molecule has 6 nitrogen and oxygen atoms in total. The fraction of sp³-hybridized carbons (Fsp3) is 0.273. The third-order valence-corrected chi connectivity index (χ3v) is 4.98. The van der Waals surface area contributed by atoms with E-state index in [1.807, 2.05) is 24.3 Å². The molecule has 0 radical (unpaired) electrons. The molecule has 2 heterocycles. The van der Waals surface area contributed by atoms with E-state index in [1.165, 1.54) is 0 Å². The maximum Gasteiger partial charge on any atom is 0.344 e. The number of nitrogens with zero attached hydrogens (tertiary/aromatic N) is 2. The largest absolute Gasteiger partial charge is 0.417 e.